The molecule has 0 heterocycles. The van der Waals surface area contributed by atoms with Crippen molar-refractivity contribution in [2.45, 2.75) is 39.3 Å². The van der Waals surface area contributed by atoms with Crippen molar-refractivity contribution in [2.75, 3.05) is 9.96 Å². The molecule has 0 aliphatic carbocycles. The van der Waals surface area contributed by atoms with Gasteiger partial charge < -0.3 is 9.96 Å². The van der Waals surface area contributed by atoms with Gasteiger partial charge in [0.1, 0.15) is 16.5 Å². The van der Waals surface area contributed by atoms with E-state index in [2.05, 4.69) is 85.6 Å². The van der Waals surface area contributed by atoms with Crippen LogP contribution in [0.3, 0.4) is 0 Å². The lowest BCUT2D eigenvalue weighted by molar-refractivity contribution is 1.57. The molecule has 2 aromatic carbocycles. The van der Waals surface area contributed by atoms with Gasteiger partial charge in [-0.3, -0.25) is 0 Å². The van der Waals surface area contributed by atoms with Gasteiger partial charge in [-0.2, -0.15) is 0 Å². The quantitative estimate of drug-likeness (QED) is 0.746. The lowest BCUT2D eigenvalue weighted by Gasteiger charge is -2.25. The third-order valence-corrected chi connectivity index (χ3v) is 4.98. The second-order valence-electron chi connectivity index (χ2n) is 7.46. The Balaban J connectivity index is 2.52. The van der Waals surface area contributed by atoms with E-state index in [0.29, 0.717) is 0 Å². The standard InChI is InChI=1S/C16H26N2Si2/c1-19(2,3)17-15-11-12-16(18-20(4,5)6)14-10-8-7-9-13(14)15/h7-12,17-18H,1-6H3. The van der Waals surface area contributed by atoms with Gasteiger partial charge in [0.2, 0.25) is 0 Å². The maximum atomic E-state index is 3.74. The van der Waals surface area contributed by atoms with Gasteiger partial charge in [-0.25, -0.2) is 0 Å². The molecule has 0 atom stereocenters. The van der Waals surface area contributed by atoms with Crippen LogP contribution in [0, 0.1) is 0 Å². The third-order valence-electron chi connectivity index (χ3n) is 2.94. The van der Waals surface area contributed by atoms with Crippen LogP contribution in [0.5, 0.6) is 0 Å². The summed E-state index contributed by atoms with van der Waals surface area (Å²) in [6.45, 7) is 14.0. The SMILES string of the molecule is C[Si](C)(C)Nc1ccc(N[Si](C)(C)C)c2ccccc12. The Bertz CT molecular complexity index is 555. The molecule has 0 aliphatic rings. The Hall–Kier alpha value is -1.27. The Morgan fingerprint density at radius 2 is 0.950 bits per heavy atom. The lowest BCUT2D eigenvalue weighted by Crippen LogP contribution is -2.33. The van der Waals surface area contributed by atoms with Crippen LogP contribution in [0.4, 0.5) is 11.4 Å². The minimum absolute atomic E-state index is 1.26. The number of nitrogens with one attached hydrogen (secondary N) is 2. The highest BCUT2D eigenvalue weighted by atomic mass is 28.3. The second kappa shape index (κ2) is 5.26. The fourth-order valence-electron chi connectivity index (χ4n) is 2.33. The maximum Gasteiger partial charge on any atom is 0.144 e. The van der Waals surface area contributed by atoms with Gasteiger partial charge in [-0.1, -0.05) is 63.5 Å². The molecule has 4 heteroatoms. The van der Waals surface area contributed by atoms with Gasteiger partial charge >= 0.3 is 0 Å². The van der Waals surface area contributed by atoms with Crippen molar-refractivity contribution >= 4 is 38.6 Å². The Morgan fingerprint density at radius 1 is 0.600 bits per heavy atom. The van der Waals surface area contributed by atoms with Crippen molar-refractivity contribution in [3.05, 3.63) is 36.4 Å². The molecule has 20 heavy (non-hydrogen) atoms. The van der Waals surface area contributed by atoms with Crippen LogP contribution in [0.25, 0.3) is 10.8 Å². The van der Waals surface area contributed by atoms with Crippen molar-refractivity contribution < 1.29 is 0 Å². The van der Waals surface area contributed by atoms with Crippen molar-refractivity contribution in [2.24, 2.45) is 0 Å². The molecule has 0 unspecified atom stereocenters. The second-order valence-corrected chi connectivity index (χ2v) is 17.0. The molecule has 0 bridgehead atoms. The highest BCUT2D eigenvalue weighted by molar-refractivity contribution is 6.80. The zero-order chi connectivity index (χ0) is 15.0. The van der Waals surface area contributed by atoms with E-state index < -0.39 is 16.5 Å². The van der Waals surface area contributed by atoms with E-state index >= 15 is 0 Å². The summed E-state index contributed by atoms with van der Waals surface area (Å²) in [7, 11) is -2.68. The molecule has 0 saturated heterocycles. The van der Waals surface area contributed by atoms with Crippen LogP contribution in [0.1, 0.15) is 0 Å². The maximum absolute atomic E-state index is 3.74. The summed E-state index contributed by atoms with van der Waals surface area (Å²) in [5, 5.41) is 2.64. The summed E-state index contributed by atoms with van der Waals surface area (Å²) in [6.07, 6.45) is 0. The average Bonchev–Trinajstić information content (AvgIpc) is 2.29. The molecule has 0 spiro atoms. The van der Waals surface area contributed by atoms with Crippen LogP contribution in [-0.4, -0.2) is 16.5 Å². The summed E-state index contributed by atoms with van der Waals surface area (Å²) in [4.78, 5) is 7.47. The first-order valence-electron chi connectivity index (χ1n) is 7.24. The number of benzene rings is 2. The van der Waals surface area contributed by atoms with E-state index in [9.17, 15) is 0 Å². The smallest absolute Gasteiger partial charge is 0.144 e. The van der Waals surface area contributed by atoms with E-state index in [0.717, 1.165) is 0 Å². The van der Waals surface area contributed by atoms with Crippen molar-refractivity contribution in [1.82, 2.24) is 0 Å². The number of fused-ring (bicyclic) bond motifs is 1. The zero-order valence-corrected chi connectivity index (χ0v) is 15.5. The average molecular weight is 303 g/mol. The van der Waals surface area contributed by atoms with E-state index in [1.54, 1.807) is 0 Å². The number of hydrogen-bond acceptors (Lipinski definition) is 2. The molecule has 0 aromatic heterocycles. The van der Waals surface area contributed by atoms with Crippen LogP contribution in [0.15, 0.2) is 36.4 Å². The summed E-state index contributed by atoms with van der Waals surface area (Å²) < 4.78 is 0. The van der Waals surface area contributed by atoms with Gasteiger partial charge in [-0.15, -0.1) is 0 Å². The number of anilines is 2. The first-order chi connectivity index (χ1) is 9.16. The third kappa shape index (κ3) is 3.87. The highest BCUT2D eigenvalue weighted by Crippen LogP contribution is 2.32. The van der Waals surface area contributed by atoms with Crippen LogP contribution in [0.2, 0.25) is 39.3 Å². The van der Waals surface area contributed by atoms with E-state index in [4.69, 9.17) is 0 Å². The van der Waals surface area contributed by atoms with Crippen LogP contribution >= 0.6 is 0 Å². The molecule has 2 nitrogen and oxygen atoms in total. The van der Waals surface area contributed by atoms with Gasteiger partial charge in [0, 0.05) is 22.1 Å². The summed E-state index contributed by atoms with van der Waals surface area (Å²) >= 11 is 0. The normalized spacial score (nSPS) is 12.5. The first-order valence-corrected chi connectivity index (χ1v) is 14.2. The fraction of sp³-hybridized carbons (Fsp3) is 0.375. The van der Waals surface area contributed by atoms with E-state index in [-0.39, 0.29) is 0 Å². The molecular weight excluding hydrogens is 276 g/mol. The van der Waals surface area contributed by atoms with Gasteiger partial charge in [0.25, 0.3) is 0 Å². The Kier molecular flexibility index (Phi) is 3.98. The largest absolute Gasteiger partial charge is 0.410 e. The van der Waals surface area contributed by atoms with E-state index in [1.165, 1.54) is 22.1 Å². The van der Waals surface area contributed by atoms with Gasteiger partial charge in [0.05, 0.1) is 0 Å². The van der Waals surface area contributed by atoms with Crippen molar-refractivity contribution in [1.29, 1.82) is 0 Å². The first kappa shape index (κ1) is 15.1. The van der Waals surface area contributed by atoms with Crippen molar-refractivity contribution in [3.8, 4) is 0 Å². The van der Waals surface area contributed by atoms with Crippen LogP contribution < -0.4 is 9.96 Å². The number of hydrogen-bond donors (Lipinski definition) is 2. The Morgan fingerprint density at radius 3 is 1.25 bits per heavy atom. The summed E-state index contributed by atoms with van der Waals surface area (Å²) in [5.74, 6) is 0. The predicted octanol–water partition coefficient (Wildman–Crippen LogP) is 5.33. The molecule has 0 radical (unpaired) electrons. The molecular formula is C16H26N2Si2. The highest BCUT2D eigenvalue weighted by Gasteiger charge is 2.17. The van der Waals surface area contributed by atoms with Crippen molar-refractivity contribution in [3.63, 3.8) is 0 Å². The van der Waals surface area contributed by atoms with Crippen LogP contribution in [-0.2, 0) is 0 Å². The summed E-state index contributed by atoms with van der Waals surface area (Å²) in [6, 6.07) is 13.1. The molecule has 0 amide bonds. The molecule has 2 N–H and O–H groups in total. The molecule has 0 aliphatic heterocycles. The minimum atomic E-state index is -1.34. The zero-order valence-electron chi connectivity index (χ0n) is 13.5. The Labute approximate surface area is 124 Å². The molecule has 0 saturated carbocycles. The molecule has 0 fully saturated rings. The molecule has 2 aromatic rings. The molecule has 2 rings (SSSR count). The van der Waals surface area contributed by atoms with Gasteiger partial charge in [-0.05, 0) is 12.1 Å². The van der Waals surface area contributed by atoms with Gasteiger partial charge in [0.15, 0.2) is 0 Å². The fourth-order valence-corrected chi connectivity index (χ4v) is 4.38. The number of rotatable bonds is 4. The summed E-state index contributed by atoms with van der Waals surface area (Å²) in [5.41, 5.74) is 2.53. The monoisotopic (exact) mass is 302 g/mol. The molecule has 108 valence electrons. The topological polar surface area (TPSA) is 24.1 Å². The minimum Gasteiger partial charge on any atom is -0.410 e. The van der Waals surface area contributed by atoms with E-state index in [1.807, 2.05) is 0 Å². The lowest BCUT2D eigenvalue weighted by atomic mass is 10.1. The predicted molar refractivity (Wildman–Crippen MR) is 97.9 cm³/mol.